The van der Waals surface area contributed by atoms with Gasteiger partial charge in [0.05, 0.1) is 21.6 Å². The lowest BCUT2D eigenvalue weighted by molar-refractivity contribution is -0.120. The van der Waals surface area contributed by atoms with Crippen molar-refractivity contribution < 1.29 is 18.0 Å². The summed E-state index contributed by atoms with van der Waals surface area (Å²) < 4.78 is 25.3. The Balaban J connectivity index is 1.55. The van der Waals surface area contributed by atoms with Gasteiger partial charge in [-0.2, -0.15) is 0 Å². The Kier molecular flexibility index (Phi) is 7.02. The zero-order valence-electron chi connectivity index (χ0n) is 16.4. The van der Waals surface area contributed by atoms with Gasteiger partial charge >= 0.3 is 0 Å². The highest BCUT2D eigenvalue weighted by Gasteiger charge is 2.27. The van der Waals surface area contributed by atoms with E-state index in [0.717, 1.165) is 11.3 Å². The number of aryl methyl sites for hydroxylation is 1. The molecule has 2 heterocycles. The molecular weight excluding hydrogens is 428 g/mol. The van der Waals surface area contributed by atoms with E-state index < -0.39 is 9.84 Å². The Morgan fingerprint density at radius 2 is 2.07 bits per heavy atom. The Labute approximate surface area is 179 Å². The van der Waals surface area contributed by atoms with E-state index in [9.17, 15) is 18.0 Å². The second-order valence-electron chi connectivity index (χ2n) is 6.86. The molecule has 3 rings (SSSR count). The molecule has 0 saturated carbocycles. The van der Waals surface area contributed by atoms with Crippen LogP contribution in [-0.2, 0) is 25.8 Å². The Morgan fingerprint density at radius 3 is 2.76 bits per heavy atom. The molecule has 0 saturated heterocycles. The molecule has 0 bridgehead atoms. The number of hydrogen-bond acceptors (Lipinski definition) is 6. The summed E-state index contributed by atoms with van der Waals surface area (Å²) in [5.41, 5.74) is 1.72. The third kappa shape index (κ3) is 5.40. The fourth-order valence-electron chi connectivity index (χ4n) is 3.00. The van der Waals surface area contributed by atoms with Crippen molar-refractivity contribution in [3.63, 3.8) is 0 Å². The number of fused-ring (bicyclic) bond motifs is 1. The van der Waals surface area contributed by atoms with E-state index in [1.165, 1.54) is 28.3 Å². The van der Waals surface area contributed by atoms with Gasteiger partial charge in [-0.15, -0.1) is 23.1 Å². The van der Waals surface area contributed by atoms with Gasteiger partial charge in [-0.3, -0.25) is 9.59 Å². The third-order valence-electron chi connectivity index (χ3n) is 4.74. The first-order chi connectivity index (χ1) is 13.8. The van der Waals surface area contributed by atoms with Crippen LogP contribution in [0.2, 0.25) is 0 Å². The van der Waals surface area contributed by atoms with Gasteiger partial charge in [-0.1, -0.05) is 6.92 Å². The molecule has 0 radical (unpaired) electrons. The minimum absolute atomic E-state index is 0.0954. The van der Waals surface area contributed by atoms with Crippen LogP contribution in [0.5, 0.6) is 0 Å². The molecule has 1 aliphatic rings. The van der Waals surface area contributed by atoms with E-state index in [2.05, 4.69) is 10.6 Å². The summed E-state index contributed by atoms with van der Waals surface area (Å²) in [5, 5.41) is 7.42. The second-order valence-corrected chi connectivity index (χ2v) is 11.2. The normalized spacial score (nSPS) is 16.2. The van der Waals surface area contributed by atoms with Crippen molar-refractivity contribution in [3.05, 3.63) is 40.1 Å². The summed E-state index contributed by atoms with van der Waals surface area (Å²) in [4.78, 5) is 26.3. The predicted molar refractivity (Wildman–Crippen MR) is 117 cm³/mol. The summed E-state index contributed by atoms with van der Waals surface area (Å²) >= 11 is 3.09. The van der Waals surface area contributed by atoms with E-state index in [1.54, 1.807) is 23.5 Å². The van der Waals surface area contributed by atoms with Gasteiger partial charge in [0.15, 0.2) is 9.84 Å². The van der Waals surface area contributed by atoms with Crippen LogP contribution in [0.1, 0.15) is 30.2 Å². The first-order valence-corrected chi connectivity index (χ1v) is 12.9. The fraction of sp³-hybridized carbons (Fsp3) is 0.400. The van der Waals surface area contributed by atoms with Crippen LogP contribution in [-0.4, -0.2) is 37.8 Å². The number of thiophene rings is 1. The number of carbonyl (C=O) groups excluding carboxylic acids is 2. The first kappa shape index (κ1) is 21.9. The number of anilines is 1. The van der Waals surface area contributed by atoms with Crippen LogP contribution in [0.4, 0.5) is 5.69 Å². The summed E-state index contributed by atoms with van der Waals surface area (Å²) in [6.07, 6.45) is 1.35. The van der Waals surface area contributed by atoms with Crippen LogP contribution in [0, 0.1) is 6.92 Å². The van der Waals surface area contributed by atoms with Crippen LogP contribution in [0.3, 0.4) is 0 Å². The third-order valence-corrected chi connectivity index (χ3v) is 8.98. The molecule has 1 aromatic heterocycles. The van der Waals surface area contributed by atoms with Crippen molar-refractivity contribution in [1.82, 2.24) is 5.32 Å². The topological polar surface area (TPSA) is 92.3 Å². The van der Waals surface area contributed by atoms with Crippen molar-refractivity contribution in [2.75, 3.05) is 17.6 Å². The largest absolute Gasteiger partial charge is 0.356 e. The van der Waals surface area contributed by atoms with Gasteiger partial charge in [-0.05, 0) is 55.0 Å². The lowest BCUT2D eigenvalue weighted by Crippen LogP contribution is -2.29. The van der Waals surface area contributed by atoms with E-state index in [1.807, 2.05) is 25.3 Å². The maximum atomic E-state index is 12.6. The minimum atomic E-state index is -3.62. The molecule has 0 spiro atoms. The predicted octanol–water partition coefficient (Wildman–Crippen LogP) is 3.40. The molecule has 29 heavy (non-hydrogen) atoms. The van der Waals surface area contributed by atoms with E-state index >= 15 is 0 Å². The van der Waals surface area contributed by atoms with Crippen molar-refractivity contribution in [3.8, 4) is 0 Å². The van der Waals surface area contributed by atoms with Crippen LogP contribution < -0.4 is 10.6 Å². The molecule has 6 nitrogen and oxygen atoms in total. The highest BCUT2D eigenvalue weighted by molar-refractivity contribution is 8.01. The molecular formula is C20H24N2O4S3. The number of thioether (sulfide) groups is 1. The van der Waals surface area contributed by atoms with Gasteiger partial charge in [-0.25, -0.2) is 8.42 Å². The molecule has 1 atom stereocenters. The maximum Gasteiger partial charge on any atom is 0.237 e. The first-order valence-electron chi connectivity index (χ1n) is 9.44. The van der Waals surface area contributed by atoms with E-state index in [-0.39, 0.29) is 34.1 Å². The van der Waals surface area contributed by atoms with Crippen molar-refractivity contribution in [1.29, 1.82) is 0 Å². The number of benzene rings is 1. The van der Waals surface area contributed by atoms with E-state index in [4.69, 9.17) is 0 Å². The number of rotatable bonds is 8. The standard InChI is InChI=1S/C20H24N2O4S3/c1-3-16-20(24)22-15-12-14(4-5-18(15)28-16)29(25,26)11-8-19(23)21-9-6-17-13(2)7-10-27-17/h4-5,7,10,12,16H,3,6,8-9,11H2,1-2H3,(H,21,23)(H,22,24). The van der Waals surface area contributed by atoms with E-state index in [0.29, 0.717) is 18.7 Å². The molecule has 1 unspecified atom stereocenters. The van der Waals surface area contributed by atoms with Crippen molar-refractivity contribution in [2.24, 2.45) is 0 Å². The lowest BCUT2D eigenvalue weighted by atomic mass is 10.2. The summed E-state index contributed by atoms with van der Waals surface area (Å²) in [6.45, 7) is 4.46. The van der Waals surface area contributed by atoms with Gasteiger partial charge < -0.3 is 10.6 Å². The average molecular weight is 453 g/mol. The van der Waals surface area contributed by atoms with Gasteiger partial charge in [0.2, 0.25) is 11.8 Å². The summed E-state index contributed by atoms with van der Waals surface area (Å²) in [7, 11) is -3.62. The molecule has 0 aliphatic carbocycles. The molecule has 2 amide bonds. The Bertz CT molecular complexity index is 1010. The lowest BCUT2D eigenvalue weighted by Gasteiger charge is -2.23. The van der Waals surface area contributed by atoms with Gasteiger partial charge in [0.25, 0.3) is 0 Å². The molecule has 1 aliphatic heterocycles. The van der Waals surface area contributed by atoms with Gasteiger partial charge in [0.1, 0.15) is 0 Å². The summed E-state index contributed by atoms with van der Waals surface area (Å²) in [5.74, 6) is -0.663. The number of sulfone groups is 1. The van der Waals surface area contributed by atoms with Crippen molar-refractivity contribution >= 4 is 50.4 Å². The second kappa shape index (κ2) is 9.32. The molecule has 2 aromatic rings. The minimum Gasteiger partial charge on any atom is -0.356 e. The highest BCUT2D eigenvalue weighted by Crippen LogP contribution is 2.38. The Morgan fingerprint density at radius 1 is 1.28 bits per heavy atom. The van der Waals surface area contributed by atoms with Crippen LogP contribution >= 0.6 is 23.1 Å². The Hall–Kier alpha value is -1.84. The maximum absolute atomic E-state index is 12.6. The molecule has 1 aromatic carbocycles. The molecule has 9 heteroatoms. The number of nitrogens with one attached hydrogen (secondary N) is 2. The quantitative estimate of drug-likeness (QED) is 0.640. The zero-order chi connectivity index (χ0) is 21.0. The highest BCUT2D eigenvalue weighted by atomic mass is 32.2. The zero-order valence-corrected chi connectivity index (χ0v) is 18.8. The average Bonchev–Trinajstić information content (AvgIpc) is 3.10. The van der Waals surface area contributed by atoms with Crippen LogP contribution in [0.25, 0.3) is 0 Å². The molecule has 0 fully saturated rings. The number of amides is 2. The molecule has 2 N–H and O–H groups in total. The molecule has 156 valence electrons. The smallest absolute Gasteiger partial charge is 0.237 e. The summed E-state index contributed by atoms with van der Waals surface area (Å²) in [6, 6.07) is 6.79. The number of hydrogen-bond donors (Lipinski definition) is 2. The van der Waals surface area contributed by atoms with Gasteiger partial charge in [0, 0.05) is 22.7 Å². The monoisotopic (exact) mass is 452 g/mol. The SMILES string of the molecule is CCC1Sc2ccc(S(=O)(=O)CCC(=O)NCCc3sccc3C)cc2NC1=O. The van der Waals surface area contributed by atoms with Crippen LogP contribution in [0.15, 0.2) is 39.4 Å². The fourth-order valence-corrected chi connectivity index (χ4v) is 6.20. The number of carbonyl (C=O) groups is 2. The van der Waals surface area contributed by atoms with Crippen molar-refractivity contribution in [2.45, 2.75) is 48.2 Å².